The fourth-order valence-corrected chi connectivity index (χ4v) is 2.38. The van der Waals surface area contributed by atoms with Gasteiger partial charge in [-0.2, -0.15) is 0 Å². The third-order valence-corrected chi connectivity index (χ3v) is 3.69. The summed E-state index contributed by atoms with van der Waals surface area (Å²) in [4.78, 5) is 12.4. The Morgan fingerprint density at radius 1 is 1.30 bits per heavy atom. The van der Waals surface area contributed by atoms with Gasteiger partial charge in [0.2, 0.25) is 0 Å². The molecule has 1 aromatic carbocycles. The zero-order valence-electron chi connectivity index (χ0n) is 11.2. The SMILES string of the molecule is COC(=O)C(N)Cc1ccc(OCc2cccs2)cc1. The van der Waals surface area contributed by atoms with Crippen LogP contribution in [0, 0.1) is 0 Å². The Morgan fingerprint density at radius 2 is 2.05 bits per heavy atom. The minimum atomic E-state index is -0.627. The second kappa shape index (κ2) is 7.07. The van der Waals surface area contributed by atoms with Crippen LogP contribution in [0.15, 0.2) is 41.8 Å². The number of hydrogen-bond donors (Lipinski definition) is 1. The summed E-state index contributed by atoms with van der Waals surface area (Å²) in [6.45, 7) is 0.568. The standard InChI is InChI=1S/C15H17NO3S/c1-18-15(17)14(16)9-11-4-6-12(7-5-11)19-10-13-3-2-8-20-13/h2-8,14H,9-10,16H2,1H3. The molecular formula is C15H17NO3S. The summed E-state index contributed by atoms with van der Waals surface area (Å²) in [5.41, 5.74) is 6.69. The van der Waals surface area contributed by atoms with E-state index in [1.807, 2.05) is 41.8 Å². The van der Waals surface area contributed by atoms with Crippen molar-refractivity contribution in [3.63, 3.8) is 0 Å². The number of ether oxygens (including phenoxy) is 2. The third kappa shape index (κ3) is 4.08. The molecule has 2 N–H and O–H groups in total. The molecular weight excluding hydrogens is 274 g/mol. The van der Waals surface area contributed by atoms with E-state index < -0.39 is 12.0 Å². The maximum atomic E-state index is 11.2. The highest BCUT2D eigenvalue weighted by molar-refractivity contribution is 7.09. The van der Waals surface area contributed by atoms with Crippen LogP contribution in [-0.2, 0) is 22.6 Å². The fraction of sp³-hybridized carbons (Fsp3) is 0.267. The summed E-state index contributed by atoms with van der Waals surface area (Å²) in [5.74, 6) is 0.400. The second-order valence-corrected chi connectivity index (χ2v) is 5.38. The van der Waals surface area contributed by atoms with Gasteiger partial charge in [0.25, 0.3) is 0 Å². The largest absolute Gasteiger partial charge is 0.488 e. The van der Waals surface area contributed by atoms with Gasteiger partial charge in [0, 0.05) is 4.88 Å². The van der Waals surface area contributed by atoms with Gasteiger partial charge in [-0.1, -0.05) is 18.2 Å². The van der Waals surface area contributed by atoms with Crippen molar-refractivity contribution in [2.45, 2.75) is 19.1 Å². The van der Waals surface area contributed by atoms with Crippen molar-refractivity contribution in [3.8, 4) is 5.75 Å². The summed E-state index contributed by atoms with van der Waals surface area (Å²) in [6.07, 6.45) is 0.456. The minimum absolute atomic E-state index is 0.400. The summed E-state index contributed by atoms with van der Waals surface area (Å²) in [6, 6.07) is 11.0. The number of carbonyl (C=O) groups is 1. The number of nitrogens with two attached hydrogens (primary N) is 1. The Morgan fingerprint density at radius 3 is 2.65 bits per heavy atom. The Kier molecular flexibility index (Phi) is 5.15. The molecule has 0 aliphatic carbocycles. The van der Waals surface area contributed by atoms with Crippen LogP contribution in [0.25, 0.3) is 0 Å². The van der Waals surface area contributed by atoms with Crippen LogP contribution in [-0.4, -0.2) is 19.1 Å². The number of rotatable bonds is 6. The Hall–Kier alpha value is -1.85. The number of carbonyl (C=O) groups excluding carboxylic acids is 1. The average Bonchev–Trinajstić information content (AvgIpc) is 2.99. The summed E-state index contributed by atoms with van der Waals surface area (Å²) < 4.78 is 10.3. The first-order chi connectivity index (χ1) is 9.69. The predicted octanol–water partition coefficient (Wildman–Crippen LogP) is 2.37. The van der Waals surface area contributed by atoms with Gasteiger partial charge < -0.3 is 15.2 Å². The molecule has 106 valence electrons. The van der Waals surface area contributed by atoms with Gasteiger partial charge in [-0.3, -0.25) is 4.79 Å². The van der Waals surface area contributed by atoms with Crippen molar-refractivity contribution < 1.29 is 14.3 Å². The highest BCUT2D eigenvalue weighted by Gasteiger charge is 2.13. The van der Waals surface area contributed by atoms with E-state index >= 15 is 0 Å². The van der Waals surface area contributed by atoms with Crippen molar-refractivity contribution in [2.75, 3.05) is 7.11 Å². The molecule has 1 unspecified atom stereocenters. The molecule has 0 saturated carbocycles. The molecule has 20 heavy (non-hydrogen) atoms. The number of thiophene rings is 1. The Labute approximate surface area is 122 Å². The van der Waals surface area contributed by atoms with Crippen LogP contribution in [0.4, 0.5) is 0 Å². The first-order valence-corrected chi connectivity index (χ1v) is 7.14. The molecule has 0 bridgehead atoms. The fourth-order valence-electron chi connectivity index (χ4n) is 1.76. The quantitative estimate of drug-likeness (QED) is 0.830. The van der Waals surface area contributed by atoms with Gasteiger partial charge >= 0.3 is 5.97 Å². The average molecular weight is 291 g/mol. The van der Waals surface area contributed by atoms with Crippen molar-refractivity contribution >= 4 is 17.3 Å². The second-order valence-electron chi connectivity index (χ2n) is 4.35. The van der Waals surface area contributed by atoms with Gasteiger partial charge in [0.05, 0.1) is 7.11 Å². The van der Waals surface area contributed by atoms with E-state index in [4.69, 9.17) is 10.5 Å². The van der Waals surface area contributed by atoms with Crippen LogP contribution in [0.5, 0.6) is 5.75 Å². The van der Waals surface area contributed by atoms with Gasteiger partial charge in [0.1, 0.15) is 18.4 Å². The molecule has 0 aliphatic heterocycles. The highest BCUT2D eigenvalue weighted by atomic mass is 32.1. The van der Waals surface area contributed by atoms with Gasteiger partial charge in [-0.15, -0.1) is 11.3 Å². The van der Waals surface area contributed by atoms with E-state index in [0.29, 0.717) is 13.0 Å². The van der Waals surface area contributed by atoms with E-state index in [9.17, 15) is 4.79 Å². The number of esters is 1. The first-order valence-electron chi connectivity index (χ1n) is 6.26. The molecule has 0 radical (unpaired) electrons. The lowest BCUT2D eigenvalue weighted by Gasteiger charge is -2.10. The zero-order valence-corrected chi connectivity index (χ0v) is 12.1. The molecule has 0 saturated heterocycles. The summed E-state index contributed by atoms with van der Waals surface area (Å²) in [5, 5.41) is 2.02. The maximum absolute atomic E-state index is 11.2. The lowest BCUT2D eigenvalue weighted by Crippen LogP contribution is -2.33. The molecule has 4 nitrogen and oxygen atoms in total. The minimum Gasteiger partial charge on any atom is -0.488 e. The van der Waals surface area contributed by atoms with Crippen LogP contribution in [0.3, 0.4) is 0 Å². The lowest BCUT2D eigenvalue weighted by molar-refractivity contribution is -0.142. The van der Waals surface area contributed by atoms with Crippen molar-refractivity contribution in [1.29, 1.82) is 0 Å². The molecule has 2 aromatic rings. The molecule has 0 amide bonds. The summed E-state index contributed by atoms with van der Waals surface area (Å²) in [7, 11) is 1.34. The molecule has 0 fully saturated rings. The third-order valence-electron chi connectivity index (χ3n) is 2.84. The van der Waals surface area contributed by atoms with Gasteiger partial charge in [-0.25, -0.2) is 0 Å². The predicted molar refractivity (Wildman–Crippen MR) is 78.8 cm³/mol. The van der Waals surface area contributed by atoms with E-state index in [1.54, 1.807) is 11.3 Å². The van der Waals surface area contributed by atoms with E-state index in [1.165, 1.54) is 12.0 Å². The number of hydrogen-bond acceptors (Lipinski definition) is 5. The number of benzene rings is 1. The molecule has 1 aromatic heterocycles. The molecule has 0 spiro atoms. The van der Waals surface area contributed by atoms with Crippen LogP contribution in [0.2, 0.25) is 0 Å². The van der Waals surface area contributed by atoms with E-state index in [2.05, 4.69) is 4.74 Å². The molecule has 1 heterocycles. The normalized spacial score (nSPS) is 11.9. The maximum Gasteiger partial charge on any atom is 0.322 e. The lowest BCUT2D eigenvalue weighted by atomic mass is 10.1. The van der Waals surface area contributed by atoms with Gasteiger partial charge in [-0.05, 0) is 35.6 Å². The van der Waals surface area contributed by atoms with Crippen LogP contribution >= 0.6 is 11.3 Å². The smallest absolute Gasteiger partial charge is 0.322 e. The van der Waals surface area contributed by atoms with Crippen molar-refractivity contribution in [3.05, 3.63) is 52.2 Å². The summed E-state index contributed by atoms with van der Waals surface area (Å²) >= 11 is 1.67. The molecule has 5 heteroatoms. The zero-order chi connectivity index (χ0) is 14.4. The van der Waals surface area contributed by atoms with Gasteiger partial charge in [0.15, 0.2) is 0 Å². The van der Waals surface area contributed by atoms with Crippen molar-refractivity contribution in [2.24, 2.45) is 5.73 Å². The topological polar surface area (TPSA) is 61.5 Å². The molecule has 1 atom stereocenters. The molecule has 2 rings (SSSR count). The van der Waals surface area contributed by atoms with Crippen LogP contribution < -0.4 is 10.5 Å². The monoisotopic (exact) mass is 291 g/mol. The highest BCUT2D eigenvalue weighted by Crippen LogP contribution is 2.17. The Bertz CT molecular complexity index is 537. The molecule has 0 aliphatic rings. The first kappa shape index (κ1) is 14.6. The Balaban J connectivity index is 1.87. The van der Waals surface area contributed by atoms with E-state index in [-0.39, 0.29) is 0 Å². The van der Waals surface area contributed by atoms with Crippen molar-refractivity contribution in [1.82, 2.24) is 0 Å². The van der Waals surface area contributed by atoms with Crippen LogP contribution in [0.1, 0.15) is 10.4 Å². The van der Waals surface area contributed by atoms with E-state index in [0.717, 1.165) is 11.3 Å². The number of methoxy groups -OCH3 is 1.